The molecule has 1 heterocycles. The Bertz CT molecular complexity index is 786. The normalized spacial score (nSPS) is 11.7. The molecular formula is C26H36N2O3. The van der Waals surface area contributed by atoms with E-state index in [4.69, 9.17) is 4.42 Å². The quantitative estimate of drug-likeness (QED) is 0.397. The predicted octanol–water partition coefficient (Wildman–Crippen LogP) is 5.08. The maximum Gasteiger partial charge on any atom is 0.242 e. The fourth-order valence-electron chi connectivity index (χ4n) is 3.65. The summed E-state index contributed by atoms with van der Waals surface area (Å²) in [6.07, 6.45) is 7.77. The molecule has 5 nitrogen and oxygen atoms in total. The van der Waals surface area contributed by atoms with Crippen molar-refractivity contribution < 1.29 is 14.0 Å². The molecule has 0 saturated carbocycles. The van der Waals surface area contributed by atoms with Crippen LogP contribution < -0.4 is 0 Å². The molecule has 0 unspecified atom stereocenters. The largest absolute Gasteiger partial charge is 0.467 e. The standard InChI is InChI=1S/C26H36N2O3/c1-4-7-14-23(6-3)26(30)28(17-5-2)21-25(29)27(20-24-15-11-19-31-24)18-16-22-12-9-8-10-13-22/h5,8-13,15,19,23H,2,4,6-7,14,16-18,20-21H2,1,3H3/t23-/m1/s1. The van der Waals surface area contributed by atoms with Crippen molar-refractivity contribution in [2.75, 3.05) is 19.6 Å². The molecule has 2 amide bonds. The van der Waals surface area contributed by atoms with Crippen molar-refractivity contribution >= 4 is 11.8 Å². The first-order valence-corrected chi connectivity index (χ1v) is 11.3. The zero-order valence-corrected chi connectivity index (χ0v) is 19.0. The van der Waals surface area contributed by atoms with Crippen LogP contribution >= 0.6 is 0 Å². The third-order valence-electron chi connectivity index (χ3n) is 5.53. The number of furan rings is 1. The molecule has 0 bridgehead atoms. The molecule has 0 N–H and O–H groups in total. The topological polar surface area (TPSA) is 53.8 Å². The van der Waals surface area contributed by atoms with Crippen LogP contribution in [-0.4, -0.2) is 41.2 Å². The molecular weight excluding hydrogens is 388 g/mol. The molecule has 0 saturated heterocycles. The summed E-state index contributed by atoms with van der Waals surface area (Å²) in [6, 6.07) is 13.8. The van der Waals surface area contributed by atoms with Crippen molar-refractivity contribution in [3.63, 3.8) is 0 Å². The van der Waals surface area contributed by atoms with Gasteiger partial charge in [0.2, 0.25) is 11.8 Å². The van der Waals surface area contributed by atoms with Crippen LogP contribution in [0.2, 0.25) is 0 Å². The van der Waals surface area contributed by atoms with E-state index in [9.17, 15) is 9.59 Å². The first kappa shape index (κ1) is 24.4. The van der Waals surface area contributed by atoms with Gasteiger partial charge in [-0.1, -0.05) is 63.1 Å². The second-order valence-corrected chi connectivity index (χ2v) is 7.89. The van der Waals surface area contributed by atoms with Crippen LogP contribution in [0.1, 0.15) is 50.9 Å². The van der Waals surface area contributed by atoms with Gasteiger partial charge in [0.05, 0.1) is 12.8 Å². The average Bonchev–Trinajstić information content (AvgIpc) is 3.30. The number of hydrogen-bond acceptors (Lipinski definition) is 3. The van der Waals surface area contributed by atoms with E-state index < -0.39 is 0 Å². The Morgan fingerprint density at radius 1 is 1.10 bits per heavy atom. The fraction of sp³-hybridized carbons (Fsp3) is 0.462. The smallest absolute Gasteiger partial charge is 0.242 e. The van der Waals surface area contributed by atoms with E-state index in [1.807, 2.05) is 37.3 Å². The Morgan fingerprint density at radius 2 is 1.87 bits per heavy atom. The molecule has 2 rings (SSSR count). The number of unbranched alkanes of at least 4 members (excludes halogenated alkanes) is 1. The van der Waals surface area contributed by atoms with E-state index in [1.54, 1.807) is 22.1 Å². The van der Waals surface area contributed by atoms with Crippen LogP contribution in [0.25, 0.3) is 0 Å². The number of carbonyl (C=O) groups excluding carboxylic acids is 2. The minimum atomic E-state index is -0.0760. The van der Waals surface area contributed by atoms with Gasteiger partial charge in [0.25, 0.3) is 0 Å². The van der Waals surface area contributed by atoms with E-state index in [0.29, 0.717) is 19.6 Å². The predicted molar refractivity (Wildman–Crippen MR) is 124 cm³/mol. The van der Waals surface area contributed by atoms with E-state index in [0.717, 1.165) is 37.9 Å². The molecule has 0 spiro atoms. The molecule has 0 radical (unpaired) electrons. The third-order valence-corrected chi connectivity index (χ3v) is 5.53. The van der Waals surface area contributed by atoms with Crippen LogP contribution in [0.5, 0.6) is 0 Å². The Kier molecular flexibility index (Phi) is 10.6. The number of rotatable bonds is 14. The number of benzene rings is 1. The lowest BCUT2D eigenvalue weighted by molar-refractivity contribution is -0.143. The van der Waals surface area contributed by atoms with Crippen molar-refractivity contribution in [2.24, 2.45) is 5.92 Å². The molecule has 0 aliphatic carbocycles. The van der Waals surface area contributed by atoms with E-state index in [1.165, 1.54) is 5.56 Å². The van der Waals surface area contributed by atoms with Gasteiger partial charge in [0.1, 0.15) is 12.3 Å². The number of amides is 2. The Balaban J connectivity index is 2.10. The van der Waals surface area contributed by atoms with Gasteiger partial charge < -0.3 is 14.2 Å². The van der Waals surface area contributed by atoms with E-state index in [2.05, 4.69) is 25.6 Å². The Hall–Kier alpha value is -2.82. The molecule has 5 heteroatoms. The highest BCUT2D eigenvalue weighted by Crippen LogP contribution is 2.17. The van der Waals surface area contributed by atoms with Gasteiger partial charge in [0.15, 0.2) is 0 Å². The van der Waals surface area contributed by atoms with Crippen molar-refractivity contribution in [3.05, 3.63) is 72.7 Å². The summed E-state index contributed by atoms with van der Waals surface area (Å²) in [5, 5.41) is 0. The lowest BCUT2D eigenvalue weighted by atomic mass is 9.97. The third kappa shape index (κ3) is 8.08. The maximum absolute atomic E-state index is 13.3. The second-order valence-electron chi connectivity index (χ2n) is 7.89. The average molecular weight is 425 g/mol. The molecule has 31 heavy (non-hydrogen) atoms. The van der Waals surface area contributed by atoms with E-state index >= 15 is 0 Å². The van der Waals surface area contributed by atoms with Gasteiger partial charge in [-0.2, -0.15) is 0 Å². The maximum atomic E-state index is 13.3. The minimum absolute atomic E-state index is 0.0458. The van der Waals surface area contributed by atoms with Crippen molar-refractivity contribution in [1.82, 2.24) is 9.80 Å². The minimum Gasteiger partial charge on any atom is -0.467 e. The molecule has 0 aliphatic rings. The van der Waals surface area contributed by atoms with Crippen molar-refractivity contribution in [1.29, 1.82) is 0 Å². The van der Waals surface area contributed by atoms with Crippen LogP contribution in [0.4, 0.5) is 0 Å². The molecule has 0 fully saturated rings. The molecule has 1 aromatic carbocycles. The fourth-order valence-corrected chi connectivity index (χ4v) is 3.65. The van der Waals surface area contributed by atoms with Gasteiger partial charge in [-0.3, -0.25) is 9.59 Å². The lowest BCUT2D eigenvalue weighted by Crippen LogP contribution is -2.45. The highest BCUT2D eigenvalue weighted by atomic mass is 16.3. The number of carbonyl (C=O) groups is 2. The molecule has 0 aliphatic heterocycles. The second kappa shape index (κ2) is 13.5. The zero-order valence-electron chi connectivity index (χ0n) is 19.0. The first-order valence-electron chi connectivity index (χ1n) is 11.3. The summed E-state index contributed by atoms with van der Waals surface area (Å²) < 4.78 is 5.48. The zero-order chi connectivity index (χ0) is 22.5. The van der Waals surface area contributed by atoms with E-state index in [-0.39, 0.29) is 24.3 Å². The van der Waals surface area contributed by atoms with Crippen molar-refractivity contribution in [3.8, 4) is 0 Å². The van der Waals surface area contributed by atoms with Gasteiger partial charge in [-0.05, 0) is 37.0 Å². The SMILES string of the molecule is C=CCN(CC(=O)N(CCc1ccccc1)Cc1ccco1)C(=O)[C@H](CC)CCCC. The summed E-state index contributed by atoms with van der Waals surface area (Å²) in [7, 11) is 0. The summed E-state index contributed by atoms with van der Waals surface area (Å²) in [4.78, 5) is 29.8. The van der Waals surface area contributed by atoms with Gasteiger partial charge >= 0.3 is 0 Å². The summed E-state index contributed by atoms with van der Waals surface area (Å²) >= 11 is 0. The van der Waals surface area contributed by atoms with Gasteiger partial charge in [-0.15, -0.1) is 6.58 Å². The molecule has 2 aromatic rings. The van der Waals surface area contributed by atoms with Crippen LogP contribution in [0, 0.1) is 5.92 Å². The summed E-state index contributed by atoms with van der Waals surface area (Å²) in [6.45, 7) is 9.34. The molecule has 168 valence electrons. The highest BCUT2D eigenvalue weighted by molar-refractivity contribution is 5.86. The highest BCUT2D eigenvalue weighted by Gasteiger charge is 2.26. The van der Waals surface area contributed by atoms with Gasteiger partial charge in [0, 0.05) is 19.0 Å². The summed E-state index contributed by atoms with van der Waals surface area (Å²) in [5.74, 6) is 0.658. The lowest BCUT2D eigenvalue weighted by Gasteiger charge is -2.29. The Morgan fingerprint density at radius 3 is 2.48 bits per heavy atom. The number of nitrogens with zero attached hydrogens (tertiary/aromatic N) is 2. The van der Waals surface area contributed by atoms with Crippen LogP contribution in [0.15, 0.2) is 65.8 Å². The van der Waals surface area contributed by atoms with Crippen LogP contribution in [-0.2, 0) is 22.6 Å². The summed E-state index contributed by atoms with van der Waals surface area (Å²) in [5.41, 5.74) is 1.17. The van der Waals surface area contributed by atoms with Crippen molar-refractivity contribution in [2.45, 2.75) is 52.5 Å². The molecule has 1 aromatic heterocycles. The molecule has 1 atom stereocenters. The Labute approximate surface area is 186 Å². The monoisotopic (exact) mass is 424 g/mol. The van der Waals surface area contributed by atoms with Gasteiger partial charge in [-0.25, -0.2) is 0 Å². The number of hydrogen-bond donors (Lipinski definition) is 0. The van der Waals surface area contributed by atoms with Crippen LogP contribution in [0.3, 0.4) is 0 Å². The first-order chi connectivity index (χ1) is 15.1.